The van der Waals surface area contributed by atoms with Crippen molar-refractivity contribution in [3.8, 4) is 0 Å². The van der Waals surface area contributed by atoms with Crippen LogP contribution in [0.4, 0.5) is 0 Å². The molecule has 1 atom stereocenters. The second kappa shape index (κ2) is 6.15. The van der Waals surface area contributed by atoms with Crippen LogP contribution in [0.2, 0.25) is 0 Å². The van der Waals surface area contributed by atoms with Gasteiger partial charge in [-0.1, -0.05) is 42.0 Å². The van der Waals surface area contributed by atoms with Gasteiger partial charge < -0.3 is 10.6 Å². The first-order chi connectivity index (χ1) is 9.08. The molecule has 1 aromatic rings. The second-order valence-electron chi connectivity index (χ2n) is 5.16. The number of hydrogen-bond donors (Lipinski definition) is 1. The van der Waals surface area contributed by atoms with Crippen LogP contribution in [0.5, 0.6) is 0 Å². The lowest BCUT2D eigenvalue weighted by atomic mass is 10.0. The molecule has 1 saturated heterocycles. The number of nitrogens with zero attached hydrogens (tertiary/aromatic N) is 1. The molecule has 1 aromatic carbocycles. The molecule has 19 heavy (non-hydrogen) atoms. The lowest BCUT2D eigenvalue weighted by Crippen LogP contribution is -2.50. The average Bonchev–Trinajstić information content (AvgIpc) is 2.41. The molecule has 0 bridgehead atoms. The van der Waals surface area contributed by atoms with Crippen LogP contribution >= 0.6 is 12.2 Å². The fraction of sp³-hybridized carbons (Fsp3) is 0.467. The molecule has 2 N–H and O–H groups in total. The topological polar surface area (TPSA) is 46.3 Å². The Hall–Kier alpha value is -1.42. The second-order valence-corrected chi connectivity index (χ2v) is 5.63. The Labute approximate surface area is 119 Å². The zero-order valence-electron chi connectivity index (χ0n) is 11.3. The van der Waals surface area contributed by atoms with Gasteiger partial charge in [-0.25, -0.2) is 0 Å². The van der Waals surface area contributed by atoms with Crippen molar-refractivity contribution in [2.24, 2.45) is 5.73 Å². The molecule has 102 valence electrons. The van der Waals surface area contributed by atoms with Crippen LogP contribution in [-0.2, 0) is 11.2 Å². The summed E-state index contributed by atoms with van der Waals surface area (Å²) in [6.45, 7) is 2.81. The minimum absolute atomic E-state index is 0.0540. The predicted octanol–water partition coefficient (Wildman–Crippen LogP) is 2.20. The molecule has 0 saturated carbocycles. The number of hydrogen-bond acceptors (Lipinski definition) is 2. The van der Waals surface area contributed by atoms with E-state index in [9.17, 15) is 4.79 Å². The van der Waals surface area contributed by atoms with Gasteiger partial charge >= 0.3 is 0 Å². The molecule has 0 aliphatic carbocycles. The third-order valence-electron chi connectivity index (χ3n) is 3.63. The van der Waals surface area contributed by atoms with Crippen molar-refractivity contribution >= 4 is 23.1 Å². The Morgan fingerprint density at radius 3 is 2.68 bits per heavy atom. The first kappa shape index (κ1) is 14.0. The maximum atomic E-state index is 12.4. The van der Waals surface area contributed by atoms with Crippen molar-refractivity contribution in [3.63, 3.8) is 0 Å². The van der Waals surface area contributed by atoms with Gasteiger partial charge in [0, 0.05) is 6.54 Å². The Balaban J connectivity index is 2.05. The summed E-state index contributed by atoms with van der Waals surface area (Å²) in [5.41, 5.74) is 7.99. The molecule has 2 rings (SSSR count). The molecule has 1 fully saturated rings. The summed E-state index contributed by atoms with van der Waals surface area (Å²) in [5, 5.41) is 0. The molecular formula is C15H20N2OS. The summed E-state index contributed by atoms with van der Waals surface area (Å²) in [4.78, 5) is 14.7. The Morgan fingerprint density at radius 2 is 2.05 bits per heavy atom. The summed E-state index contributed by atoms with van der Waals surface area (Å²) in [7, 11) is 0. The zero-order valence-corrected chi connectivity index (χ0v) is 12.1. The lowest BCUT2D eigenvalue weighted by Gasteiger charge is -2.35. The maximum absolute atomic E-state index is 12.4. The van der Waals surface area contributed by atoms with E-state index in [-0.39, 0.29) is 11.9 Å². The monoisotopic (exact) mass is 276 g/mol. The summed E-state index contributed by atoms with van der Waals surface area (Å²) in [6.07, 6.45) is 3.46. The highest BCUT2D eigenvalue weighted by Gasteiger charge is 2.28. The number of thiocarbonyl (C=S) groups is 1. The van der Waals surface area contributed by atoms with Crippen LogP contribution in [0, 0.1) is 6.92 Å². The quantitative estimate of drug-likeness (QED) is 0.861. The third-order valence-corrected chi connectivity index (χ3v) is 3.90. The van der Waals surface area contributed by atoms with Gasteiger partial charge in [0.05, 0.1) is 17.5 Å². The maximum Gasteiger partial charge on any atom is 0.227 e. The van der Waals surface area contributed by atoms with E-state index in [1.165, 1.54) is 5.56 Å². The molecule has 0 radical (unpaired) electrons. The molecule has 4 heteroatoms. The smallest absolute Gasteiger partial charge is 0.227 e. The van der Waals surface area contributed by atoms with Crippen molar-refractivity contribution in [2.75, 3.05) is 6.54 Å². The van der Waals surface area contributed by atoms with E-state index in [0.29, 0.717) is 11.4 Å². The molecule has 1 aliphatic rings. The van der Waals surface area contributed by atoms with Crippen LogP contribution in [0.25, 0.3) is 0 Å². The van der Waals surface area contributed by atoms with Gasteiger partial charge in [-0.05, 0) is 31.7 Å². The van der Waals surface area contributed by atoms with Crippen LogP contribution in [0.3, 0.4) is 0 Å². The van der Waals surface area contributed by atoms with E-state index in [1.807, 2.05) is 36.1 Å². The van der Waals surface area contributed by atoms with Gasteiger partial charge in [0.2, 0.25) is 5.91 Å². The number of amides is 1. The van der Waals surface area contributed by atoms with Gasteiger partial charge in [0.25, 0.3) is 0 Å². The zero-order chi connectivity index (χ0) is 13.8. The number of nitrogens with two attached hydrogens (primary N) is 1. The highest BCUT2D eigenvalue weighted by Crippen LogP contribution is 2.18. The van der Waals surface area contributed by atoms with Crippen molar-refractivity contribution < 1.29 is 4.79 Å². The van der Waals surface area contributed by atoms with Gasteiger partial charge in [-0.2, -0.15) is 0 Å². The fourth-order valence-electron chi connectivity index (χ4n) is 2.51. The fourth-order valence-corrected chi connectivity index (χ4v) is 2.75. The van der Waals surface area contributed by atoms with Gasteiger partial charge in [0.1, 0.15) is 0 Å². The number of benzene rings is 1. The Morgan fingerprint density at radius 1 is 1.37 bits per heavy atom. The van der Waals surface area contributed by atoms with E-state index in [0.717, 1.165) is 31.4 Å². The predicted molar refractivity (Wildman–Crippen MR) is 81.0 cm³/mol. The van der Waals surface area contributed by atoms with Crippen molar-refractivity contribution in [3.05, 3.63) is 35.4 Å². The molecule has 0 spiro atoms. The highest BCUT2D eigenvalue weighted by atomic mass is 32.1. The molecule has 1 amide bonds. The van der Waals surface area contributed by atoms with Crippen molar-refractivity contribution in [1.29, 1.82) is 0 Å². The minimum atomic E-state index is -0.0540. The van der Waals surface area contributed by atoms with E-state index >= 15 is 0 Å². The Kier molecular flexibility index (Phi) is 4.53. The Bertz CT molecular complexity index is 470. The summed E-state index contributed by atoms with van der Waals surface area (Å²) in [5.74, 6) is 0.126. The molecule has 0 aromatic heterocycles. The molecule has 1 unspecified atom stereocenters. The number of piperidine rings is 1. The number of rotatable bonds is 3. The molecule has 3 nitrogen and oxygen atoms in total. The van der Waals surface area contributed by atoms with E-state index in [4.69, 9.17) is 18.0 Å². The van der Waals surface area contributed by atoms with Crippen LogP contribution < -0.4 is 5.73 Å². The number of aryl methyl sites for hydroxylation is 1. The van der Waals surface area contributed by atoms with E-state index in [2.05, 4.69) is 0 Å². The van der Waals surface area contributed by atoms with E-state index in [1.54, 1.807) is 0 Å². The molecular weight excluding hydrogens is 256 g/mol. The SMILES string of the molecule is Cc1ccc(CC(=O)N2CCCCC2C(N)=S)cc1. The number of likely N-dealkylation sites (tertiary alicyclic amines) is 1. The third kappa shape index (κ3) is 3.53. The molecule has 1 aliphatic heterocycles. The number of carbonyl (C=O) groups is 1. The minimum Gasteiger partial charge on any atom is -0.392 e. The highest BCUT2D eigenvalue weighted by molar-refractivity contribution is 7.80. The summed E-state index contributed by atoms with van der Waals surface area (Å²) >= 11 is 5.08. The standard InChI is InChI=1S/C15H20N2OS/c1-11-5-7-12(8-6-11)10-14(18)17-9-3-2-4-13(17)15(16)19/h5-8,13H,2-4,9-10H2,1H3,(H2,16,19). The van der Waals surface area contributed by atoms with E-state index < -0.39 is 0 Å². The van der Waals surface area contributed by atoms with Crippen molar-refractivity contribution in [1.82, 2.24) is 4.90 Å². The molecule has 1 heterocycles. The lowest BCUT2D eigenvalue weighted by molar-refractivity contribution is -0.132. The number of carbonyl (C=O) groups excluding carboxylic acids is 1. The first-order valence-corrected chi connectivity index (χ1v) is 7.13. The summed E-state index contributed by atoms with van der Waals surface area (Å²) in [6, 6.07) is 8.02. The van der Waals surface area contributed by atoms with Crippen LogP contribution in [0.15, 0.2) is 24.3 Å². The van der Waals surface area contributed by atoms with Gasteiger partial charge in [-0.15, -0.1) is 0 Å². The normalized spacial score (nSPS) is 19.2. The summed E-state index contributed by atoms with van der Waals surface area (Å²) < 4.78 is 0. The first-order valence-electron chi connectivity index (χ1n) is 6.72. The van der Waals surface area contributed by atoms with Gasteiger partial charge in [-0.3, -0.25) is 4.79 Å². The van der Waals surface area contributed by atoms with Crippen LogP contribution in [-0.4, -0.2) is 28.4 Å². The van der Waals surface area contributed by atoms with Crippen molar-refractivity contribution in [2.45, 2.75) is 38.6 Å². The van der Waals surface area contributed by atoms with Gasteiger partial charge in [0.15, 0.2) is 0 Å². The van der Waals surface area contributed by atoms with Crippen LogP contribution in [0.1, 0.15) is 30.4 Å². The largest absolute Gasteiger partial charge is 0.392 e. The average molecular weight is 276 g/mol.